The maximum absolute atomic E-state index is 10.00. The zero-order chi connectivity index (χ0) is 8.15. The molecule has 0 saturated carbocycles. The molecule has 1 unspecified atom stereocenters. The Hall–Kier alpha value is -1.26. The van der Waals surface area contributed by atoms with Crippen molar-refractivity contribution in [3.63, 3.8) is 0 Å². The number of carboxylic acid groups (broad SMARTS) is 1. The van der Waals surface area contributed by atoms with E-state index >= 15 is 0 Å². The highest BCUT2D eigenvalue weighted by molar-refractivity contribution is 5.69. The largest absolute Gasteiger partial charge is 0.481 e. The molecule has 0 aromatic heterocycles. The molecule has 0 bridgehead atoms. The van der Waals surface area contributed by atoms with E-state index in [1.54, 1.807) is 0 Å². The van der Waals surface area contributed by atoms with Crippen LogP contribution in [0, 0.1) is 0 Å². The summed E-state index contributed by atoms with van der Waals surface area (Å²) in [5.74, 6) is -1.02. The summed E-state index contributed by atoms with van der Waals surface area (Å²) in [6, 6.07) is 0. The topological polar surface area (TPSA) is 89.6 Å². The Morgan fingerprint density at radius 3 is 2.50 bits per heavy atom. The van der Waals surface area contributed by atoms with Crippen molar-refractivity contribution in [3.05, 3.63) is 0 Å². The smallest absolute Gasteiger partial charge is 0.404 e. The van der Waals surface area contributed by atoms with Crippen LogP contribution in [0.5, 0.6) is 0 Å². The number of carbonyl (C=O) groups is 2. The summed E-state index contributed by atoms with van der Waals surface area (Å²) >= 11 is 0. The van der Waals surface area contributed by atoms with E-state index in [9.17, 15) is 9.59 Å². The molecule has 5 heteroatoms. The number of amides is 1. The Bertz CT molecular complexity index is 129. The number of nitrogens with two attached hydrogens (primary N) is 1. The molecule has 0 rings (SSSR count). The average molecular weight is 147 g/mol. The van der Waals surface area contributed by atoms with Gasteiger partial charge in [0.25, 0.3) is 0 Å². The standard InChI is InChI=1S/C5H9NO4/c1-3(2-4(7)8)10-5(6)9/h3H,2H2,1H3,(H2,6,9)(H,7,8). The van der Waals surface area contributed by atoms with Crippen LogP contribution in [0.3, 0.4) is 0 Å². The number of rotatable bonds is 3. The van der Waals surface area contributed by atoms with E-state index in [1.807, 2.05) is 0 Å². The number of carbonyl (C=O) groups excluding carboxylic acids is 1. The van der Waals surface area contributed by atoms with Crippen LogP contribution in [-0.4, -0.2) is 23.3 Å². The van der Waals surface area contributed by atoms with Gasteiger partial charge in [-0.05, 0) is 6.92 Å². The Kier molecular flexibility index (Phi) is 3.24. The first-order valence-electron chi connectivity index (χ1n) is 2.70. The summed E-state index contributed by atoms with van der Waals surface area (Å²) in [7, 11) is 0. The van der Waals surface area contributed by atoms with E-state index in [2.05, 4.69) is 10.5 Å². The SMILES string of the molecule is CC(CC(=O)O)OC(N)=O. The number of primary amides is 1. The van der Waals surface area contributed by atoms with E-state index in [1.165, 1.54) is 6.92 Å². The zero-order valence-corrected chi connectivity index (χ0v) is 5.53. The van der Waals surface area contributed by atoms with Crippen molar-refractivity contribution in [2.24, 2.45) is 5.73 Å². The molecule has 0 spiro atoms. The van der Waals surface area contributed by atoms with Crippen LogP contribution in [0.1, 0.15) is 13.3 Å². The van der Waals surface area contributed by atoms with Gasteiger partial charge in [-0.1, -0.05) is 0 Å². The zero-order valence-electron chi connectivity index (χ0n) is 5.53. The van der Waals surface area contributed by atoms with Crippen LogP contribution < -0.4 is 5.73 Å². The molecule has 3 N–H and O–H groups in total. The predicted molar refractivity (Wildman–Crippen MR) is 32.4 cm³/mol. The quantitative estimate of drug-likeness (QED) is 0.585. The van der Waals surface area contributed by atoms with Gasteiger partial charge in [0, 0.05) is 0 Å². The number of hydrogen-bond acceptors (Lipinski definition) is 3. The molecule has 0 aliphatic rings. The molecule has 0 aliphatic heterocycles. The van der Waals surface area contributed by atoms with Crippen LogP contribution in [-0.2, 0) is 9.53 Å². The lowest BCUT2D eigenvalue weighted by molar-refractivity contribution is -0.138. The number of carboxylic acids is 1. The maximum Gasteiger partial charge on any atom is 0.404 e. The van der Waals surface area contributed by atoms with Crippen molar-refractivity contribution in [2.45, 2.75) is 19.4 Å². The second-order valence-corrected chi connectivity index (χ2v) is 1.85. The van der Waals surface area contributed by atoms with Gasteiger partial charge in [0.2, 0.25) is 0 Å². The van der Waals surface area contributed by atoms with Crippen molar-refractivity contribution in [1.29, 1.82) is 0 Å². The molecule has 10 heavy (non-hydrogen) atoms. The normalized spacial score (nSPS) is 12.1. The van der Waals surface area contributed by atoms with Crippen LogP contribution >= 0.6 is 0 Å². The number of aliphatic carboxylic acids is 1. The molecule has 58 valence electrons. The molecule has 0 radical (unpaired) electrons. The summed E-state index contributed by atoms with van der Waals surface area (Å²) in [6.07, 6.45) is -1.83. The third-order valence-electron chi connectivity index (χ3n) is 0.779. The van der Waals surface area contributed by atoms with Crippen molar-refractivity contribution in [3.8, 4) is 0 Å². The van der Waals surface area contributed by atoms with E-state index in [4.69, 9.17) is 5.11 Å². The van der Waals surface area contributed by atoms with Gasteiger partial charge in [-0.3, -0.25) is 4.79 Å². The fraction of sp³-hybridized carbons (Fsp3) is 0.600. The van der Waals surface area contributed by atoms with Crippen molar-refractivity contribution in [2.75, 3.05) is 0 Å². The maximum atomic E-state index is 10.00. The predicted octanol–water partition coefficient (Wildman–Crippen LogP) is -0.0551. The Morgan fingerprint density at radius 2 is 2.20 bits per heavy atom. The lowest BCUT2D eigenvalue weighted by Crippen LogP contribution is -2.22. The molecule has 1 atom stereocenters. The highest BCUT2D eigenvalue weighted by atomic mass is 16.6. The van der Waals surface area contributed by atoms with Crippen molar-refractivity contribution >= 4 is 12.1 Å². The minimum atomic E-state index is -1.02. The van der Waals surface area contributed by atoms with E-state index in [0.29, 0.717) is 0 Å². The molecule has 1 amide bonds. The molecule has 0 heterocycles. The number of ether oxygens (including phenoxy) is 1. The van der Waals surface area contributed by atoms with Gasteiger partial charge in [0.05, 0.1) is 6.42 Å². The summed E-state index contributed by atoms with van der Waals surface area (Å²) in [5, 5.41) is 8.16. The second kappa shape index (κ2) is 3.71. The molecular weight excluding hydrogens is 138 g/mol. The van der Waals surface area contributed by atoms with Crippen LogP contribution in [0.15, 0.2) is 0 Å². The third-order valence-corrected chi connectivity index (χ3v) is 0.779. The first-order valence-corrected chi connectivity index (χ1v) is 2.70. The average Bonchev–Trinajstić information content (AvgIpc) is 1.58. The van der Waals surface area contributed by atoms with Gasteiger partial charge < -0.3 is 15.6 Å². The molecule has 0 aliphatic carbocycles. The lowest BCUT2D eigenvalue weighted by Gasteiger charge is -2.06. The Labute approximate surface area is 57.8 Å². The monoisotopic (exact) mass is 147 g/mol. The Balaban J connectivity index is 3.53. The van der Waals surface area contributed by atoms with E-state index in [0.717, 1.165) is 0 Å². The minimum Gasteiger partial charge on any atom is -0.481 e. The second-order valence-electron chi connectivity index (χ2n) is 1.85. The molecule has 0 aromatic carbocycles. The molecule has 0 aromatic rings. The lowest BCUT2D eigenvalue weighted by atomic mass is 10.3. The summed E-state index contributed by atoms with van der Waals surface area (Å²) in [4.78, 5) is 20.0. The third kappa shape index (κ3) is 4.89. The summed E-state index contributed by atoms with van der Waals surface area (Å²) in [5.41, 5.74) is 4.61. The summed E-state index contributed by atoms with van der Waals surface area (Å²) in [6.45, 7) is 1.46. The minimum absolute atomic E-state index is 0.219. The van der Waals surface area contributed by atoms with Crippen LogP contribution in [0.4, 0.5) is 4.79 Å². The fourth-order valence-corrected chi connectivity index (χ4v) is 0.486. The summed E-state index contributed by atoms with van der Waals surface area (Å²) < 4.78 is 4.32. The highest BCUT2D eigenvalue weighted by Gasteiger charge is 2.09. The van der Waals surface area contributed by atoms with Gasteiger partial charge in [-0.25, -0.2) is 4.79 Å². The van der Waals surface area contributed by atoms with Crippen molar-refractivity contribution in [1.82, 2.24) is 0 Å². The van der Waals surface area contributed by atoms with Gasteiger partial charge in [0.1, 0.15) is 6.10 Å². The van der Waals surface area contributed by atoms with E-state index in [-0.39, 0.29) is 6.42 Å². The Morgan fingerprint density at radius 1 is 1.70 bits per heavy atom. The van der Waals surface area contributed by atoms with Gasteiger partial charge >= 0.3 is 12.1 Å². The van der Waals surface area contributed by atoms with Gasteiger partial charge in [-0.2, -0.15) is 0 Å². The van der Waals surface area contributed by atoms with E-state index < -0.39 is 18.2 Å². The molecule has 0 saturated heterocycles. The first-order chi connectivity index (χ1) is 4.52. The highest BCUT2D eigenvalue weighted by Crippen LogP contribution is 1.95. The molecular formula is C5H9NO4. The first kappa shape index (κ1) is 8.74. The fourth-order valence-electron chi connectivity index (χ4n) is 0.486. The number of hydrogen-bond donors (Lipinski definition) is 2. The van der Waals surface area contributed by atoms with Crippen LogP contribution in [0.2, 0.25) is 0 Å². The van der Waals surface area contributed by atoms with Crippen molar-refractivity contribution < 1.29 is 19.4 Å². The molecule has 5 nitrogen and oxygen atoms in total. The van der Waals surface area contributed by atoms with Crippen LogP contribution in [0.25, 0.3) is 0 Å². The van der Waals surface area contributed by atoms with Gasteiger partial charge in [-0.15, -0.1) is 0 Å². The van der Waals surface area contributed by atoms with Gasteiger partial charge in [0.15, 0.2) is 0 Å². The molecule has 0 fully saturated rings.